The van der Waals surface area contributed by atoms with E-state index in [-0.39, 0.29) is 18.2 Å². The van der Waals surface area contributed by atoms with Crippen LogP contribution in [0.5, 0.6) is 0 Å². The van der Waals surface area contributed by atoms with Gasteiger partial charge in [-0.15, -0.1) is 0 Å². The van der Waals surface area contributed by atoms with Gasteiger partial charge in [0, 0.05) is 25.3 Å². The number of ether oxygens (including phenoxy) is 1. The Bertz CT molecular complexity index is 962. The molecule has 4 atom stereocenters. The number of hydrogen-bond donors (Lipinski definition) is 1. The molecular formula is C24H27F3N2O2S. The molecule has 172 valence electrons. The third-order valence-electron chi connectivity index (χ3n) is 5.44. The lowest BCUT2D eigenvalue weighted by atomic mass is 9.96. The average molecular weight is 465 g/mol. The van der Waals surface area contributed by atoms with Gasteiger partial charge >= 0.3 is 0 Å². The van der Waals surface area contributed by atoms with E-state index in [0.717, 1.165) is 15.5 Å². The van der Waals surface area contributed by atoms with Crippen LogP contribution in [0.25, 0.3) is 0 Å². The fourth-order valence-corrected chi connectivity index (χ4v) is 4.95. The van der Waals surface area contributed by atoms with E-state index in [9.17, 15) is 18.3 Å². The SMILES string of the molecule is COC1=CC(/C=C/C(O)C(/C=C/F)C2=CCC(C)=C(N(C)C3=CC=C[C@H]3F)S2)CC(F)=N1. The van der Waals surface area contributed by atoms with E-state index < -0.39 is 24.2 Å². The number of hydrogen-bond acceptors (Lipinski definition) is 5. The van der Waals surface area contributed by atoms with Crippen LogP contribution < -0.4 is 0 Å². The van der Waals surface area contributed by atoms with Crippen LogP contribution in [0, 0.1) is 11.8 Å². The van der Waals surface area contributed by atoms with Crippen LogP contribution in [-0.4, -0.2) is 42.4 Å². The third-order valence-corrected chi connectivity index (χ3v) is 6.93. The van der Waals surface area contributed by atoms with Crippen LogP contribution in [0.4, 0.5) is 13.2 Å². The monoisotopic (exact) mass is 464 g/mol. The highest BCUT2D eigenvalue weighted by molar-refractivity contribution is 8.06. The zero-order valence-electron chi connectivity index (χ0n) is 18.2. The summed E-state index contributed by atoms with van der Waals surface area (Å²) in [6.45, 7) is 1.97. The number of alkyl halides is 1. The summed E-state index contributed by atoms with van der Waals surface area (Å²) >= 11 is 1.39. The molecule has 0 saturated carbocycles. The number of thioether (sulfide) groups is 1. The summed E-state index contributed by atoms with van der Waals surface area (Å²) in [5.41, 5.74) is 1.59. The quantitative estimate of drug-likeness (QED) is 0.458. The minimum Gasteiger partial charge on any atom is -0.481 e. The van der Waals surface area contributed by atoms with Crippen molar-refractivity contribution in [3.8, 4) is 0 Å². The summed E-state index contributed by atoms with van der Waals surface area (Å²) in [4.78, 5) is 6.22. The second-order valence-electron chi connectivity index (χ2n) is 7.72. The van der Waals surface area contributed by atoms with Crippen LogP contribution in [0.15, 0.2) is 87.0 Å². The van der Waals surface area contributed by atoms with Gasteiger partial charge in [0.15, 0.2) is 12.1 Å². The van der Waals surface area contributed by atoms with Gasteiger partial charge < -0.3 is 14.7 Å². The maximum Gasteiger partial charge on any atom is 0.211 e. The lowest BCUT2D eigenvalue weighted by Crippen LogP contribution is -2.24. The summed E-state index contributed by atoms with van der Waals surface area (Å²) in [7, 11) is 3.21. The molecule has 3 unspecified atom stereocenters. The number of allylic oxidation sites excluding steroid dienone is 7. The minimum absolute atomic E-state index is 0.0710. The zero-order valence-corrected chi connectivity index (χ0v) is 19.0. The fourth-order valence-electron chi connectivity index (χ4n) is 3.70. The Hall–Kier alpha value is -2.45. The Kier molecular flexibility index (Phi) is 8.26. The Labute approximate surface area is 190 Å². The molecule has 0 spiro atoms. The van der Waals surface area contributed by atoms with Gasteiger partial charge in [-0.3, -0.25) is 0 Å². The molecule has 2 heterocycles. The molecule has 0 aromatic carbocycles. The second-order valence-corrected chi connectivity index (χ2v) is 8.78. The zero-order chi connectivity index (χ0) is 23.3. The van der Waals surface area contributed by atoms with Gasteiger partial charge in [0.2, 0.25) is 5.88 Å². The van der Waals surface area contributed by atoms with Crippen molar-refractivity contribution < 1.29 is 23.0 Å². The number of halogens is 3. The molecule has 1 aliphatic carbocycles. The number of methoxy groups -OCH3 is 1. The summed E-state index contributed by atoms with van der Waals surface area (Å²) in [6, 6.07) is 0. The molecule has 32 heavy (non-hydrogen) atoms. The van der Waals surface area contributed by atoms with E-state index in [0.29, 0.717) is 18.4 Å². The van der Waals surface area contributed by atoms with Crippen molar-refractivity contribution in [1.29, 1.82) is 0 Å². The molecule has 3 rings (SSSR count). The number of nitrogens with zero attached hydrogens (tertiary/aromatic N) is 2. The first-order chi connectivity index (χ1) is 15.3. The molecule has 2 aliphatic heterocycles. The standard InChI is InChI=1S/C24H27F3N2O2S/c1-15-7-10-21(32-24(15)29(2)19-6-4-5-18(19)26)17(11-12-25)20(30)9-8-16-13-22(27)28-23(14-16)31-3/h4-6,8-12,14,16-18,20,30H,7,13H2,1-3H3/b9-8+,12-11+/t16?,17?,18-,20?/m1/s1. The first-order valence-corrected chi connectivity index (χ1v) is 11.1. The number of aliphatic imine (C=N–C) groups is 1. The molecule has 4 nitrogen and oxygen atoms in total. The Morgan fingerprint density at radius 1 is 1.38 bits per heavy atom. The maximum absolute atomic E-state index is 14.2. The third kappa shape index (κ3) is 5.66. The molecule has 0 amide bonds. The Morgan fingerprint density at radius 3 is 2.81 bits per heavy atom. The molecule has 1 N–H and O–H groups in total. The van der Waals surface area contributed by atoms with Crippen LogP contribution in [0.1, 0.15) is 19.8 Å². The molecule has 0 aromatic rings. The highest BCUT2D eigenvalue weighted by atomic mass is 32.2. The van der Waals surface area contributed by atoms with Crippen LogP contribution in [0.2, 0.25) is 0 Å². The molecule has 0 fully saturated rings. The predicted molar refractivity (Wildman–Crippen MR) is 123 cm³/mol. The Balaban J connectivity index is 1.74. The van der Waals surface area contributed by atoms with Crippen molar-refractivity contribution in [3.63, 3.8) is 0 Å². The summed E-state index contributed by atoms with van der Waals surface area (Å²) in [5, 5.41) is 11.7. The van der Waals surface area contributed by atoms with Crippen molar-refractivity contribution in [3.05, 3.63) is 82.0 Å². The summed E-state index contributed by atoms with van der Waals surface area (Å²) in [5.74, 6) is -1.33. The first-order valence-electron chi connectivity index (χ1n) is 10.3. The van der Waals surface area contributed by atoms with E-state index in [1.165, 1.54) is 37.1 Å². The normalized spacial score (nSPS) is 25.6. The molecule has 0 radical (unpaired) electrons. The lowest BCUT2D eigenvalue weighted by molar-refractivity contribution is 0.194. The van der Waals surface area contributed by atoms with Gasteiger partial charge in [0.05, 0.1) is 30.3 Å². The minimum atomic E-state index is -1.17. The fraction of sp³-hybridized carbons (Fsp3) is 0.375. The van der Waals surface area contributed by atoms with Crippen molar-refractivity contribution in [2.24, 2.45) is 16.8 Å². The maximum atomic E-state index is 14.2. The van der Waals surface area contributed by atoms with Crippen molar-refractivity contribution in [2.75, 3.05) is 14.2 Å². The molecule has 8 heteroatoms. The highest BCUT2D eigenvalue weighted by Gasteiger charge is 2.28. The van der Waals surface area contributed by atoms with Gasteiger partial charge in [-0.1, -0.05) is 36.1 Å². The summed E-state index contributed by atoms with van der Waals surface area (Å²) in [6.07, 6.45) is 11.9. The second kappa shape index (κ2) is 10.9. The first kappa shape index (κ1) is 24.2. The van der Waals surface area contributed by atoms with E-state index in [2.05, 4.69) is 4.99 Å². The average Bonchev–Trinajstić information content (AvgIpc) is 3.21. The molecule has 0 aromatic heterocycles. The molecule has 0 bridgehead atoms. The van der Waals surface area contributed by atoms with E-state index >= 15 is 0 Å². The smallest absolute Gasteiger partial charge is 0.211 e. The number of aliphatic hydroxyl groups is 1. The van der Waals surface area contributed by atoms with Crippen molar-refractivity contribution in [1.82, 2.24) is 4.90 Å². The van der Waals surface area contributed by atoms with Crippen molar-refractivity contribution in [2.45, 2.75) is 32.0 Å². The highest BCUT2D eigenvalue weighted by Crippen LogP contribution is 2.43. The predicted octanol–water partition coefficient (Wildman–Crippen LogP) is 5.85. The van der Waals surface area contributed by atoms with Crippen LogP contribution >= 0.6 is 11.8 Å². The van der Waals surface area contributed by atoms with Gasteiger partial charge in [-0.05, 0) is 48.1 Å². The van der Waals surface area contributed by atoms with E-state index in [4.69, 9.17) is 4.74 Å². The topological polar surface area (TPSA) is 45.1 Å². The number of aliphatic hydroxyl groups excluding tert-OH is 1. The lowest BCUT2D eigenvalue weighted by Gasteiger charge is -2.31. The van der Waals surface area contributed by atoms with Gasteiger partial charge in [-0.2, -0.15) is 9.38 Å². The van der Waals surface area contributed by atoms with Gasteiger partial charge in [-0.25, -0.2) is 8.78 Å². The van der Waals surface area contributed by atoms with Gasteiger partial charge in [0.1, 0.15) is 0 Å². The van der Waals surface area contributed by atoms with Crippen LogP contribution in [-0.2, 0) is 4.74 Å². The van der Waals surface area contributed by atoms with E-state index in [1.54, 1.807) is 36.3 Å². The Morgan fingerprint density at radius 2 is 2.16 bits per heavy atom. The number of rotatable bonds is 8. The molecular weight excluding hydrogens is 437 g/mol. The van der Waals surface area contributed by atoms with E-state index in [1.807, 2.05) is 13.0 Å². The van der Waals surface area contributed by atoms with Crippen LogP contribution in [0.3, 0.4) is 0 Å². The molecule has 0 saturated heterocycles. The molecule has 3 aliphatic rings. The van der Waals surface area contributed by atoms with Crippen molar-refractivity contribution >= 4 is 17.7 Å². The van der Waals surface area contributed by atoms with Gasteiger partial charge in [0.25, 0.3) is 0 Å². The largest absolute Gasteiger partial charge is 0.481 e. The summed E-state index contributed by atoms with van der Waals surface area (Å²) < 4.78 is 46.1.